The van der Waals surface area contributed by atoms with Crippen LogP contribution >= 0.6 is 0 Å². The SMILES string of the molecule is CCCCCCCCCCCCOC(=O)[C@H](O)C/C=C\C[C@@H]1O[C@@H]2/C=C/C/C=C/C(C)=C\[C@H]3O[C@@H](C/C=C/C=C/C(=O)O[C@H](C2)[C@@]1(C)CO)C[C@H](O)[C@H]3C. The number of carbonyl (C=O) groups excluding carboxylic acids is 2. The molecule has 0 spiro atoms. The van der Waals surface area contributed by atoms with E-state index < -0.39 is 41.8 Å². The predicted octanol–water partition coefficient (Wildman–Crippen LogP) is 8.34. The van der Waals surface area contributed by atoms with Crippen molar-refractivity contribution in [3.8, 4) is 0 Å². The third-order valence-electron chi connectivity index (χ3n) is 11.0. The molecule has 0 radical (unpaired) electrons. The molecule has 3 rings (SSSR count). The Morgan fingerprint density at radius 2 is 1.70 bits per heavy atom. The van der Waals surface area contributed by atoms with E-state index in [-0.39, 0.29) is 37.3 Å². The van der Waals surface area contributed by atoms with Crippen LogP contribution in [0.5, 0.6) is 0 Å². The highest BCUT2D eigenvalue weighted by molar-refractivity contribution is 5.82. The minimum Gasteiger partial charge on any atom is -0.464 e. The van der Waals surface area contributed by atoms with Crippen LogP contribution in [0.3, 0.4) is 0 Å². The van der Waals surface area contributed by atoms with Crippen LogP contribution < -0.4 is 0 Å². The number of unbranched alkanes of at least 4 members (excludes halogenated alkanes) is 9. The highest BCUT2D eigenvalue weighted by atomic mass is 16.6. The zero-order valence-electron chi connectivity index (χ0n) is 33.5. The summed E-state index contributed by atoms with van der Waals surface area (Å²) in [5.74, 6) is -1.15. The summed E-state index contributed by atoms with van der Waals surface area (Å²) in [6.45, 7) is 8.17. The summed E-state index contributed by atoms with van der Waals surface area (Å²) >= 11 is 0. The van der Waals surface area contributed by atoms with Crippen molar-refractivity contribution in [3.63, 3.8) is 0 Å². The minimum absolute atomic E-state index is 0.0181. The minimum atomic E-state index is -1.26. The summed E-state index contributed by atoms with van der Waals surface area (Å²) in [5.41, 5.74) is 0.159. The summed E-state index contributed by atoms with van der Waals surface area (Å²) < 4.78 is 24.1. The average molecular weight is 755 g/mol. The Hall–Kier alpha value is -2.82. The van der Waals surface area contributed by atoms with Crippen LogP contribution in [0, 0.1) is 11.3 Å². The molecule has 2 saturated heterocycles. The molecule has 9 nitrogen and oxygen atoms in total. The second-order valence-electron chi connectivity index (χ2n) is 15.7. The number of allylic oxidation sites excluding steroid dienone is 6. The maximum atomic E-state index is 13.0. The van der Waals surface area contributed by atoms with Gasteiger partial charge in [-0.25, -0.2) is 9.59 Å². The summed E-state index contributed by atoms with van der Waals surface area (Å²) in [6, 6.07) is 0. The Balaban J connectivity index is 1.57. The van der Waals surface area contributed by atoms with Crippen molar-refractivity contribution in [2.45, 2.75) is 173 Å². The highest BCUT2D eigenvalue weighted by Gasteiger charge is 2.49. The summed E-state index contributed by atoms with van der Waals surface area (Å²) in [6.07, 6.45) is 31.5. The first-order valence-electron chi connectivity index (χ1n) is 20.7. The second-order valence-corrected chi connectivity index (χ2v) is 15.7. The van der Waals surface area contributed by atoms with Gasteiger partial charge in [-0.05, 0) is 32.6 Å². The molecule has 3 aliphatic heterocycles. The zero-order chi connectivity index (χ0) is 39.2. The Morgan fingerprint density at radius 1 is 0.981 bits per heavy atom. The van der Waals surface area contributed by atoms with Gasteiger partial charge in [0.25, 0.3) is 0 Å². The summed E-state index contributed by atoms with van der Waals surface area (Å²) in [7, 11) is 0. The van der Waals surface area contributed by atoms with Gasteiger partial charge in [0.2, 0.25) is 0 Å². The lowest BCUT2D eigenvalue weighted by Crippen LogP contribution is -2.55. The van der Waals surface area contributed by atoms with Crippen molar-refractivity contribution in [3.05, 3.63) is 72.4 Å². The molecule has 0 aromatic rings. The van der Waals surface area contributed by atoms with Gasteiger partial charge in [-0.2, -0.15) is 0 Å². The van der Waals surface area contributed by atoms with E-state index >= 15 is 0 Å². The third-order valence-corrected chi connectivity index (χ3v) is 11.0. The van der Waals surface area contributed by atoms with Crippen LogP contribution in [-0.4, -0.2) is 83.2 Å². The number of fused-ring (bicyclic) bond motifs is 4. The first kappa shape index (κ1) is 45.6. The molecule has 9 heteroatoms. The quantitative estimate of drug-likeness (QED) is 0.0762. The van der Waals surface area contributed by atoms with Crippen LogP contribution in [0.1, 0.15) is 130 Å². The first-order chi connectivity index (χ1) is 26.1. The molecule has 304 valence electrons. The molecule has 0 aromatic carbocycles. The molecular formula is C45H70O9. The lowest BCUT2D eigenvalue weighted by Gasteiger charge is -2.47. The number of aliphatic hydroxyl groups is 3. The number of carbonyl (C=O) groups is 2. The molecule has 0 aliphatic carbocycles. The van der Waals surface area contributed by atoms with E-state index in [1.54, 1.807) is 18.2 Å². The number of ether oxygens (including phenoxy) is 4. The monoisotopic (exact) mass is 755 g/mol. The van der Waals surface area contributed by atoms with Crippen LogP contribution in [0.25, 0.3) is 0 Å². The molecule has 9 atom stereocenters. The number of esters is 2. The fraction of sp³-hybridized carbons (Fsp3) is 0.689. The van der Waals surface area contributed by atoms with Crippen LogP contribution in [0.2, 0.25) is 0 Å². The standard InChI is InChI=1S/C45H70O9/c1-5-6-7-8-9-10-11-12-13-22-29-51-44(50)38(47)26-20-21-27-41-45(4,33-46)42-32-37(53-41)25-17-14-16-23-34(2)30-40-35(3)39(48)31-36(52-40)24-18-15-19-28-43(49)54-42/h15-21,23,25,28,30,35-42,46-48H,5-14,22,24,26-27,29,31-33H2,1-4H3/b18-15+,21-20-,23-16+,25-17+,28-19+,34-30-/t35-,36+,37-,38-,39+,40-,41+,42-,45+/m1/s1. The predicted molar refractivity (Wildman–Crippen MR) is 214 cm³/mol. The maximum absolute atomic E-state index is 13.0. The fourth-order valence-electron chi connectivity index (χ4n) is 7.29. The number of rotatable bonds is 17. The maximum Gasteiger partial charge on any atom is 0.335 e. The van der Waals surface area contributed by atoms with E-state index in [1.807, 2.05) is 51.2 Å². The van der Waals surface area contributed by atoms with Gasteiger partial charge >= 0.3 is 11.9 Å². The van der Waals surface area contributed by atoms with Crippen molar-refractivity contribution in [1.82, 2.24) is 0 Å². The molecule has 3 aliphatic rings. The third kappa shape index (κ3) is 16.1. The number of aliphatic hydroxyl groups excluding tert-OH is 3. The lowest BCUT2D eigenvalue weighted by molar-refractivity contribution is -0.198. The van der Waals surface area contributed by atoms with Crippen molar-refractivity contribution < 1.29 is 43.9 Å². The summed E-state index contributed by atoms with van der Waals surface area (Å²) in [5, 5.41) is 31.7. The van der Waals surface area contributed by atoms with Gasteiger partial charge in [-0.15, -0.1) is 0 Å². The van der Waals surface area contributed by atoms with Gasteiger partial charge in [0.15, 0.2) is 6.10 Å². The Bertz CT molecular complexity index is 1280. The van der Waals surface area contributed by atoms with Crippen LogP contribution in [-0.2, 0) is 28.5 Å². The smallest absolute Gasteiger partial charge is 0.335 e. The number of hydrogen-bond donors (Lipinski definition) is 3. The van der Waals surface area contributed by atoms with E-state index in [1.165, 1.54) is 51.0 Å². The lowest BCUT2D eigenvalue weighted by atomic mass is 9.73. The molecule has 0 unspecified atom stereocenters. The molecule has 4 bridgehead atoms. The van der Waals surface area contributed by atoms with Gasteiger partial charge in [-0.3, -0.25) is 0 Å². The highest BCUT2D eigenvalue weighted by Crippen LogP contribution is 2.41. The van der Waals surface area contributed by atoms with E-state index in [2.05, 4.69) is 19.1 Å². The second kappa shape index (κ2) is 25.4. The normalized spacial score (nSPS) is 33.5. The molecule has 0 saturated carbocycles. The van der Waals surface area contributed by atoms with Gasteiger partial charge < -0.3 is 34.3 Å². The van der Waals surface area contributed by atoms with Crippen LogP contribution in [0.15, 0.2) is 72.4 Å². The molecule has 0 aromatic heterocycles. The largest absolute Gasteiger partial charge is 0.464 e. The summed E-state index contributed by atoms with van der Waals surface area (Å²) in [4.78, 5) is 25.4. The Kier molecular flexibility index (Phi) is 21.4. The van der Waals surface area contributed by atoms with E-state index in [9.17, 15) is 24.9 Å². The van der Waals surface area contributed by atoms with E-state index in [4.69, 9.17) is 18.9 Å². The number of hydrogen-bond acceptors (Lipinski definition) is 9. The first-order valence-corrected chi connectivity index (χ1v) is 20.7. The Labute approximate surface area is 325 Å². The van der Waals surface area contributed by atoms with Crippen LogP contribution in [0.4, 0.5) is 0 Å². The molecule has 3 N–H and O–H groups in total. The molecule has 3 heterocycles. The molecular weight excluding hydrogens is 684 g/mol. The van der Waals surface area contributed by atoms with Crippen molar-refractivity contribution in [1.29, 1.82) is 0 Å². The molecule has 2 fully saturated rings. The van der Waals surface area contributed by atoms with Gasteiger partial charge in [0.1, 0.15) is 6.10 Å². The van der Waals surface area contributed by atoms with Gasteiger partial charge in [0, 0.05) is 31.3 Å². The molecule has 0 amide bonds. The topological polar surface area (TPSA) is 132 Å². The van der Waals surface area contributed by atoms with E-state index in [0.29, 0.717) is 38.7 Å². The molecule has 54 heavy (non-hydrogen) atoms. The van der Waals surface area contributed by atoms with Crippen molar-refractivity contribution in [2.75, 3.05) is 13.2 Å². The van der Waals surface area contributed by atoms with Crippen molar-refractivity contribution in [2.24, 2.45) is 11.3 Å². The average Bonchev–Trinajstić information content (AvgIpc) is 3.14. The van der Waals surface area contributed by atoms with Crippen molar-refractivity contribution >= 4 is 11.9 Å². The Morgan fingerprint density at radius 3 is 2.43 bits per heavy atom. The van der Waals surface area contributed by atoms with Gasteiger partial charge in [0.05, 0.1) is 49.1 Å². The fourth-order valence-corrected chi connectivity index (χ4v) is 7.29. The van der Waals surface area contributed by atoms with E-state index in [0.717, 1.165) is 24.8 Å². The van der Waals surface area contributed by atoms with Gasteiger partial charge in [-0.1, -0.05) is 145 Å². The zero-order valence-corrected chi connectivity index (χ0v) is 33.5.